The summed E-state index contributed by atoms with van der Waals surface area (Å²) in [6, 6.07) is 2.10. The maximum atomic E-state index is 9.35. The van der Waals surface area contributed by atoms with Gasteiger partial charge in [0.15, 0.2) is 0 Å². The number of nitriles is 1. The minimum absolute atomic E-state index is 0.000716. The highest BCUT2D eigenvalue weighted by molar-refractivity contribution is 6.10. The largest absolute Gasteiger partial charge is 0.376 e. The molecule has 0 aromatic rings. The lowest BCUT2D eigenvalue weighted by Crippen LogP contribution is -2.32. The van der Waals surface area contributed by atoms with Crippen LogP contribution < -0.4 is 5.32 Å². The van der Waals surface area contributed by atoms with Gasteiger partial charge in [-0.25, -0.2) is 4.99 Å². The molecule has 2 atom stereocenters. The van der Waals surface area contributed by atoms with Crippen LogP contribution in [0.4, 0.5) is 0 Å². The third-order valence-electron chi connectivity index (χ3n) is 5.33. The minimum atomic E-state index is -0.387. The molecule has 156 valence electrons. The monoisotopic (exact) mass is 407 g/mol. The lowest BCUT2D eigenvalue weighted by atomic mass is 9.87. The maximum Gasteiger partial charge on any atom is 0.0988 e. The molecule has 3 nitrogen and oxygen atoms in total. The highest BCUT2D eigenvalue weighted by Crippen LogP contribution is 2.31. The second-order valence-corrected chi connectivity index (χ2v) is 7.26. The van der Waals surface area contributed by atoms with E-state index in [9.17, 15) is 5.26 Å². The van der Waals surface area contributed by atoms with Gasteiger partial charge in [-0.05, 0) is 60.8 Å². The van der Waals surface area contributed by atoms with E-state index in [1.54, 1.807) is 0 Å². The summed E-state index contributed by atoms with van der Waals surface area (Å²) in [5.41, 5.74) is 9.60. The molecule has 1 N–H and O–H groups in total. The van der Waals surface area contributed by atoms with Gasteiger partial charge in [0.05, 0.1) is 35.1 Å². The molecule has 0 saturated carbocycles. The first-order chi connectivity index (χ1) is 14.9. The Balaban J connectivity index is 2.30. The number of allylic oxidation sites excluding steroid dienone is 8. The zero-order chi connectivity index (χ0) is 23.0. The molecule has 0 spiro atoms. The van der Waals surface area contributed by atoms with E-state index in [0.717, 1.165) is 29.6 Å². The fourth-order valence-corrected chi connectivity index (χ4v) is 3.36. The van der Waals surface area contributed by atoms with Crippen molar-refractivity contribution >= 4 is 5.71 Å². The Morgan fingerprint density at radius 3 is 2.68 bits per heavy atom. The molecule has 0 aromatic carbocycles. The summed E-state index contributed by atoms with van der Waals surface area (Å²) in [6.07, 6.45) is 19.2. The number of hydrogen-bond acceptors (Lipinski definition) is 3. The molecule has 0 radical (unpaired) electrons. The van der Waals surface area contributed by atoms with Crippen molar-refractivity contribution in [2.24, 2.45) is 10.9 Å². The average Bonchev–Trinajstić information content (AvgIpc) is 3.06. The quantitative estimate of drug-likeness (QED) is 0.303. The first kappa shape index (κ1) is 23.5. The molecule has 3 heteroatoms. The van der Waals surface area contributed by atoms with Gasteiger partial charge in [0.1, 0.15) is 0 Å². The third kappa shape index (κ3) is 5.43. The molecule has 1 aliphatic carbocycles. The second-order valence-electron chi connectivity index (χ2n) is 7.26. The van der Waals surface area contributed by atoms with Crippen LogP contribution >= 0.6 is 0 Å². The van der Waals surface area contributed by atoms with Crippen LogP contribution in [0.15, 0.2) is 106 Å². The van der Waals surface area contributed by atoms with Gasteiger partial charge in [-0.3, -0.25) is 0 Å². The van der Waals surface area contributed by atoms with Gasteiger partial charge in [-0.15, -0.1) is 12.2 Å². The Labute approximate surface area is 186 Å². The summed E-state index contributed by atoms with van der Waals surface area (Å²) in [5.74, 6) is 2.33. The zero-order valence-electron chi connectivity index (χ0n) is 18.6. The molecule has 31 heavy (non-hydrogen) atoms. The lowest BCUT2D eigenvalue weighted by Gasteiger charge is -2.25. The van der Waals surface area contributed by atoms with E-state index in [4.69, 9.17) is 6.42 Å². The number of terminal acetylenes is 1. The molecule has 0 aromatic heterocycles. The Bertz CT molecular complexity index is 1090. The van der Waals surface area contributed by atoms with Gasteiger partial charge >= 0.3 is 0 Å². The van der Waals surface area contributed by atoms with Crippen molar-refractivity contribution in [2.45, 2.75) is 39.7 Å². The van der Waals surface area contributed by atoms with Gasteiger partial charge in [-0.2, -0.15) is 5.26 Å². The number of dihydropyridines is 1. The number of aliphatic imine (C=N–C) groups is 1. The zero-order valence-corrected chi connectivity index (χ0v) is 18.6. The Kier molecular flexibility index (Phi) is 8.22. The third-order valence-corrected chi connectivity index (χ3v) is 5.33. The van der Waals surface area contributed by atoms with Crippen LogP contribution in [0.2, 0.25) is 0 Å². The van der Waals surface area contributed by atoms with Gasteiger partial charge in [0.2, 0.25) is 0 Å². The predicted molar refractivity (Wildman–Crippen MR) is 131 cm³/mol. The van der Waals surface area contributed by atoms with Crippen molar-refractivity contribution < 1.29 is 0 Å². The van der Waals surface area contributed by atoms with Crippen LogP contribution in [0.1, 0.15) is 33.6 Å². The highest BCUT2D eigenvalue weighted by Gasteiger charge is 2.25. The fraction of sp³-hybridized carbons (Fsp3) is 0.250. The molecule has 0 amide bonds. The highest BCUT2D eigenvalue weighted by atomic mass is 15.0. The van der Waals surface area contributed by atoms with Crippen molar-refractivity contribution in [1.82, 2.24) is 5.32 Å². The van der Waals surface area contributed by atoms with Crippen LogP contribution in [0.25, 0.3) is 0 Å². The van der Waals surface area contributed by atoms with Gasteiger partial charge in [0, 0.05) is 11.1 Å². The minimum Gasteiger partial charge on any atom is -0.376 e. The Morgan fingerprint density at radius 1 is 1.35 bits per heavy atom. The molecule has 0 saturated heterocycles. The smallest absolute Gasteiger partial charge is 0.0988 e. The van der Waals surface area contributed by atoms with E-state index >= 15 is 0 Å². The molecule has 1 aliphatic heterocycles. The molecule has 1 heterocycles. The Hall–Kier alpha value is -3.78. The summed E-state index contributed by atoms with van der Waals surface area (Å²) in [4.78, 5) is 4.69. The van der Waals surface area contributed by atoms with Gasteiger partial charge in [-0.1, -0.05) is 51.7 Å². The van der Waals surface area contributed by atoms with E-state index < -0.39 is 0 Å². The first-order valence-corrected chi connectivity index (χ1v) is 10.4. The molecule has 2 rings (SSSR count). The maximum absolute atomic E-state index is 9.35. The molecule has 0 fully saturated rings. The van der Waals surface area contributed by atoms with E-state index in [1.807, 2.05) is 31.2 Å². The summed E-state index contributed by atoms with van der Waals surface area (Å²) >= 11 is 0. The topological polar surface area (TPSA) is 48.2 Å². The molecule has 0 bridgehead atoms. The van der Waals surface area contributed by atoms with E-state index in [-0.39, 0.29) is 12.0 Å². The summed E-state index contributed by atoms with van der Waals surface area (Å²) in [7, 11) is 0. The average molecular weight is 408 g/mol. The standard InChI is InChI=1S/C28H29N3/c1-8-19(5)22-13-12-14-23(16-15-22)26(10-3)30-21(7)28-17-25(20(6)18-29)24(9-2)27(11-4)31-28/h2,11-13,15-17,24,26,30H,5-8,10H2,1,3-4H3/b27-11+/t24?,26-/m0/s1. The van der Waals surface area contributed by atoms with Crippen molar-refractivity contribution in [3.8, 4) is 18.4 Å². The van der Waals surface area contributed by atoms with Crippen LogP contribution in [-0.2, 0) is 0 Å². The van der Waals surface area contributed by atoms with Crippen molar-refractivity contribution in [3.05, 3.63) is 101 Å². The van der Waals surface area contributed by atoms with E-state index in [0.29, 0.717) is 28.3 Å². The van der Waals surface area contributed by atoms with E-state index in [1.165, 1.54) is 0 Å². The SMILES string of the molecule is C#CC1C(C(=C)C#N)=CC(C(=C)N[C@@H](CC)C2=C=CC=C(C(=C)CC)C=C2)=N/C1=C/C. The fourth-order valence-electron chi connectivity index (χ4n) is 3.36. The number of hydrogen-bond donors (Lipinski definition) is 1. The second kappa shape index (κ2) is 10.8. The number of nitrogens with zero attached hydrogens (tertiary/aromatic N) is 2. The Morgan fingerprint density at radius 2 is 2.10 bits per heavy atom. The van der Waals surface area contributed by atoms with Gasteiger partial charge in [0.25, 0.3) is 0 Å². The summed E-state index contributed by atoms with van der Waals surface area (Å²) in [5, 5.41) is 12.8. The predicted octanol–water partition coefficient (Wildman–Crippen LogP) is 6.03. The molecular formula is C28H29N3. The van der Waals surface area contributed by atoms with Crippen molar-refractivity contribution in [1.29, 1.82) is 5.26 Å². The van der Waals surface area contributed by atoms with Crippen LogP contribution in [0.3, 0.4) is 0 Å². The first-order valence-electron chi connectivity index (χ1n) is 10.4. The number of rotatable bonds is 8. The summed E-state index contributed by atoms with van der Waals surface area (Å²) < 4.78 is 0. The lowest BCUT2D eigenvalue weighted by molar-refractivity contribution is 0.645. The molecule has 1 unspecified atom stereocenters. The van der Waals surface area contributed by atoms with Crippen molar-refractivity contribution in [3.63, 3.8) is 0 Å². The normalized spacial score (nSPS) is 19.6. The number of nitrogens with one attached hydrogen (secondary N) is 1. The van der Waals surface area contributed by atoms with E-state index in [2.05, 4.69) is 73.8 Å². The summed E-state index contributed by atoms with van der Waals surface area (Å²) in [6.45, 7) is 18.2. The van der Waals surface area contributed by atoms with Crippen LogP contribution in [0.5, 0.6) is 0 Å². The van der Waals surface area contributed by atoms with Crippen LogP contribution in [0, 0.1) is 29.6 Å². The van der Waals surface area contributed by atoms with Gasteiger partial charge < -0.3 is 5.32 Å². The molecule has 2 aliphatic rings. The van der Waals surface area contributed by atoms with Crippen molar-refractivity contribution in [2.75, 3.05) is 0 Å². The van der Waals surface area contributed by atoms with Crippen LogP contribution in [-0.4, -0.2) is 11.8 Å². The molecular weight excluding hydrogens is 378 g/mol.